The number of thiophene rings is 1. The van der Waals surface area contributed by atoms with Gasteiger partial charge in [0.1, 0.15) is 0 Å². The molecule has 0 saturated carbocycles. The first kappa shape index (κ1) is 13.6. The molecule has 1 aliphatic heterocycles. The minimum absolute atomic E-state index is 0.330. The minimum atomic E-state index is -0.407. The molecular formula is C16H14N2O2S. The zero-order valence-corrected chi connectivity index (χ0v) is 12.6. The van der Waals surface area contributed by atoms with Gasteiger partial charge in [-0.1, -0.05) is 18.2 Å². The number of nitrogens with zero attached hydrogens (tertiary/aromatic N) is 2. The van der Waals surface area contributed by atoms with Crippen LogP contribution in [-0.4, -0.2) is 26.0 Å². The molecule has 0 fully saturated rings. The van der Waals surface area contributed by atoms with Crippen LogP contribution in [0.2, 0.25) is 0 Å². The first-order valence-corrected chi connectivity index (χ1v) is 7.35. The summed E-state index contributed by atoms with van der Waals surface area (Å²) < 4.78 is 5.20. The van der Waals surface area contributed by atoms with E-state index in [1.54, 1.807) is 6.08 Å². The largest absolute Gasteiger partial charge is 0.401 e. The van der Waals surface area contributed by atoms with E-state index in [4.69, 9.17) is 4.74 Å². The van der Waals surface area contributed by atoms with Gasteiger partial charge in [-0.05, 0) is 35.2 Å². The van der Waals surface area contributed by atoms with Crippen LogP contribution in [0.5, 0.6) is 0 Å². The second kappa shape index (κ2) is 5.54. The van der Waals surface area contributed by atoms with Crippen molar-refractivity contribution in [2.75, 3.05) is 19.0 Å². The Hall–Kier alpha value is -2.40. The molecule has 106 valence electrons. The summed E-state index contributed by atoms with van der Waals surface area (Å²) >= 11 is 1.49. The average molecular weight is 298 g/mol. The van der Waals surface area contributed by atoms with Crippen molar-refractivity contribution in [3.8, 4) is 0 Å². The van der Waals surface area contributed by atoms with Gasteiger partial charge < -0.3 is 9.64 Å². The maximum absolute atomic E-state index is 11.9. The smallest absolute Gasteiger partial charge is 0.363 e. The highest BCUT2D eigenvalue weighted by Gasteiger charge is 2.24. The Labute approximate surface area is 127 Å². The summed E-state index contributed by atoms with van der Waals surface area (Å²) in [6.07, 6.45) is 1.74. The number of cyclic esters (lactones) is 1. The third-order valence-corrected chi connectivity index (χ3v) is 3.92. The van der Waals surface area contributed by atoms with E-state index in [9.17, 15) is 4.79 Å². The number of hydrogen-bond donors (Lipinski definition) is 0. The molecule has 0 N–H and O–H groups in total. The van der Waals surface area contributed by atoms with E-state index in [2.05, 4.69) is 4.99 Å². The second-order valence-electron chi connectivity index (χ2n) is 4.80. The molecular weight excluding hydrogens is 284 g/mol. The van der Waals surface area contributed by atoms with Gasteiger partial charge in [-0.3, -0.25) is 0 Å². The van der Waals surface area contributed by atoms with Gasteiger partial charge in [0.15, 0.2) is 5.70 Å². The average Bonchev–Trinajstić information content (AvgIpc) is 3.10. The number of anilines is 1. The number of rotatable bonds is 3. The minimum Gasteiger partial charge on any atom is -0.401 e. The fourth-order valence-electron chi connectivity index (χ4n) is 1.94. The van der Waals surface area contributed by atoms with Crippen molar-refractivity contribution in [1.82, 2.24) is 0 Å². The van der Waals surface area contributed by atoms with Gasteiger partial charge in [0.2, 0.25) is 5.90 Å². The Bertz CT molecular complexity index is 713. The lowest BCUT2D eigenvalue weighted by Crippen LogP contribution is -2.07. The molecule has 0 amide bonds. The van der Waals surface area contributed by atoms with E-state index in [1.165, 1.54) is 11.3 Å². The van der Waals surface area contributed by atoms with Gasteiger partial charge in [0.25, 0.3) is 0 Å². The van der Waals surface area contributed by atoms with E-state index in [0.717, 1.165) is 16.1 Å². The molecule has 1 aromatic carbocycles. The van der Waals surface area contributed by atoms with Gasteiger partial charge >= 0.3 is 5.97 Å². The Morgan fingerprint density at radius 3 is 2.57 bits per heavy atom. The lowest BCUT2D eigenvalue weighted by Gasteiger charge is -2.11. The molecule has 0 atom stereocenters. The van der Waals surface area contributed by atoms with Gasteiger partial charge in [-0.15, -0.1) is 11.3 Å². The first-order valence-electron chi connectivity index (χ1n) is 6.47. The quantitative estimate of drug-likeness (QED) is 0.645. The molecule has 0 unspecified atom stereocenters. The number of carbonyl (C=O) groups excluding carboxylic acids is 1. The Kier molecular flexibility index (Phi) is 3.58. The van der Waals surface area contributed by atoms with Crippen LogP contribution < -0.4 is 4.90 Å². The fourth-order valence-corrected chi connectivity index (χ4v) is 2.59. The maximum atomic E-state index is 11.9. The summed E-state index contributed by atoms with van der Waals surface area (Å²) in [6.45, 7) is 0. The van der Waals surface area contributed by atoms with Crippen LogP contribution >= 0.6 is 11.3 Å². The highest BCUT2D eigenvalue weighted by Crippen LogP contribution is 2.22. The Morgan fingerprint density at radius 2 is 1.95 bits per heavy atom. The predicted molar refractivity (Wildman–Crippen MR) is 85.7 cm³/mol. The van der Waals surface area contributed by atoms with Crippen LogP contribution in [-0.2, 0) is 9.53 Å². The molecule has 1 aliphatic rings. The second-order valence-corrected chi connectivity index (χ2v) is 5.75. The molecule has 2 heterocycles. The van der Waals surface area contributed by atoms with E-state index >= 15 is 0 Å². The zero-order chi connectivity index (χ0) is 14.8. The standard InChI is InChI=1S/C16H14N2O2S/c1-18(2)12-7-5-11(6-8-12)10-13-16(19)20-15(17-13)14-4-3-9-21-14/h3-10H,1-2H3/b13-10+. The van der Waals surface area contributed by atoms with Gasteiger partial charge in [0.05, 0.1) is 4.88 Å². The number of benzene rings is 1. The first-order chi connectivity index (χ1) is 10.1. The monoisotopic (exact) mass is 298 g/mol. The third kappa shape index (κ3) is 2.87. The van der Waals surface area contributed by atoms with Crippen molar-refractivity contribution in [1.29, 1.82) is 0 Å². The molecule has 0 bridgehead atoms. The van der Waals surface area contributed by atoms with Gasteiger partial charge in [-0.2, -0.15) is 0 Å². The molecule has 21 heavy (non-hydrogen) atoms. The lowest BCUT2D eigenvalue weighted by atomic mass is 10.1. The van der Waals surface area contributed by atoms with Crippen molar-refractivity contribution in [3.63, 3.8) is 0 Å². The van der Waals surface area contributed by atoms with Crippen molar-refractivity contribution in [3.05, 3.63) is 57.9 Å². The van der Waals surface area contributed by atoms with Gasteiger partial charge in [0, 0.05) is 19.8 Å². The summed E-state index contributed by atoms with van der Waals surface area (Å²) in [6, 6.07) is 11.7. The summed E-state index contributed by atoms with van der Waals surface area (Å²) in [4.78, 5) is 19.0. The van der Waals surface area contributed by atoms with E-state index in [1.807, 2.05) is 60.8 Å². The Morgan fingerprint density at radius 1 is 1.19 bits per heavy atom. The molecule has 1 aromatic heterocycles. The molecule has 4 nitrogen and oxygen atoms in total. The molecule has 0 spiro atoms. The SMILES string of the molecule is CN(C)c1ccc(/C=C2/N=C(c3cccs3)OC2=O)cc1. The number of esters is 1. The van der Waals surface area contributed by atoms with Crippen LogP contribution in [0.3, 0.4) is 0 Å². The normalized spacial score (nSPS) is 16.0. The molecule has 3 rings (SSSR count). The predicted octanol–water partition coefficient (Wildman–Crippen LogP) is 3.16. The van der Waals surface area contributed by atoms with Crippen molar-refractivity contribution < 1.29 is 9.53 Å². The van der Waals surface area contributed by atoms with Gasteiger partial charge in [-0.25, -0.2) is 9.79 Å². The van der Waals surface area contributed by atoms with Crippen LogP contribution in [0.15, 0.2) is 52.5 Å². The third-order valence-electron chi connectivity index (χ3n) is 3.07. The molecule has 5 heteroatoms. The molecule has 0 aliphatic carbocycles. The molecule has 0 saturated heterocycles. The van der Waals surface area contributed by atoms with E-state index in [0.29, 0.717) is 11.6 Å². The summed E-state index contributed by atoms with van der Waals surface area (Å²) in [7, 11) is 3.97. The summed E-state index contributed by atoms with van der Waals surface area (Å²) in [5, 5.41) is 1.92. The van der Waals surface area contributed by atoms with Crippen molar-refractivity contribution in [2.45, 2.75) is 0 Å². The Balaban J connectivity index is 1.87. The number of carbonyl (C=O) groups is 1. The fraction of sp³-hybridized carbons (Fsp3) is 0.125. The lowest BCUT2D eigenvalue weighted by molar-refractivity contribution is -0.129. The highest BCUT2D eigenvalue weighted by molar-refractivity contribution is 7.12. The van der Waals surface area contributed by atoms with Crippen LogP contribution in [0.1, 0.15) is 10.4 Å². The van der Waals surface area contributed by atoms with E-state index in [-0.39, 0.29) is 0 Å². The summed E-state index contributed by atoms with van der Waals surface area (Å²) in [5.41, 5.74) is 2.36. The van der Waals surface area contributed by atoms with Crippen LogP contribution in [0.4, 0.5) is 5.69 Å². The van der Waals surface area contributed by atoms with Crippen LogP contribution in [0, 0.1) is 0 Å². The van der Waals surface area contributed by atoms with E-state index < -0.39 is 5.97 Å². The topological polar surface area (TPSA) is 41.9 Å². The summed E-state index contributed by atoms with van der Waals surface area (Å²) in [5.74, 6) is -0.0266. The highest BCUT2D eigenvalue weighted by atomic mass is 32.1. The number of ether oxygens (including phenoxy) is 1. The molecule has 2 aromatic rings. The zero-order valence-electron chi connectivity index (χ0n) is 11.7. The van der Waals surface area contributed by atoms with Crippen molar-refractivity contribution >= 4 is 35.0 Å². The number of aliphatic imine (C=N–C) groups is 1. The van der Waals surface area contributed by atoms with Crippen LogP contribution in [0.25, 0.3) is 6.08 Å². The maximum Gasteiger partial charge on any atom is 0.363 e. The van der Waals surface area contributed by atoms with Crippen molar-refractivity contribution in [2.24, 2.45) is 4.99 Å². The molecule has 0 radical (unpaired) electrons. The number of hydrogen-bond acceptors (Lipinski definition) is 5.